The molecule has 27 heavy (non-hydrogen) atoms. The number of ether oxygens (including phenoxy) is 4. The fraction of sp³-hybridized carbons (Fsp3) is 0.588. The van der Waals surface area contributed by atoms with E-state index in [0.717, 1.165) is 12.8 Å². The summed E-state index contributed by atoms with van der Waals surface area (Å²) in [6.07, 6.45) is 1.95. The summed E-state index contributed by atoms with van der Waals surface area (Å²) in [5, 5.41) is 0. The first kappa shape index (κ1) is 18.3. The van der Waals surface area contributed by atoms with Crippen LogP contribution < -0.4 is 18.9 Å². The summed E-state index contributed by atoms with van der Waals surface area (Å²) in [6.45, 7) is 1.08. The molecule has 0 radical (unpaired) electrons. The van der Waals surface area contributed by atoms with E-state index in [1.807, 2.05) is 0 Å². The Morgan fingerprint density at radius 3 is 2.78 bits per heavy atom. The molecule has 3 aliphatic heterocycles. The Labute approximate surface area is 157 Å². The molecule has 1 N–H and O–H groups in total. The van der Waals surface area contributed by atoms with Crippen LogP contribution in [0.4, 0.5) is 0 Å². The van der Waals surface area contributed by atoms with E-state index < -0.39 is 10.0 Å². The van der Waals surface area contributed by atoms with E-state index in [4.69, 9.17) is 18.9 Å². The molecule has 148 valence electrons. The second-order valence-electron chi connectivity index (χ2n) is 6.74. The number of carbonyl (C=O) groups is 1. The Morgan fingerprint density at radius 1 is 1.30 bits per heavy atom. The van der Waals surface area contributed by atoms with Crippen LogP contribution in [0.1, 0.15) is 28.8 Å². The number of fused-ring (bicyclic) bond motifs is 2. The summed E-state index contributed by atoms with van der Waals surface area (Å²) in [7, 11) is -0.856. The molecule has 1 saturated heterocycles. The van der Waals surface area contributed by atoms with Crippen molar-refractivity contribution in [1.29, 1.82) is 0 Å². The predicted molar refractivity (Wildman–Crippen MR) is 93.9 cm³/mol. The first-order valence-electron chi connectivity index (χ1n) is 8.83. The number of amides is 1. The highest BCUT2D eigenvalue weighted by atomic mass is 32.2. The van der Waals surface area contributed by atoms with Gasteiger partial charge in [-0.2, -0.15) is 0 Å². The highest BCUT2D eigenvalue weighted by Gasteiger charge is 2.40. The first-order chi connectivity index (χ1) is 12.9. The van der Waals surface area contributed by atoms with Crippen molar-refractivity contribution in [2.75, 3.05) is 40.6 Å². The molecule has 0 aliphatic carbocycles. The second-order valence-corrected chi connectivity index (χ2v) is 8.45. The molecule has 1 fully saturated rings. The number of hydrogen-bond acceptors (Lipinski definition) is 7. The molecule has 3 aliphatic rings. The van der Waals surface area contributed by atoms with Gasteiger partial charge in [-0.25, -0.2) is 13.1 Å². The molecule has 0 saturated carbocycles. The number of nitrogens with zero attached hydrogens (tertiary/aromatic N) is 1. The molecule has 1 aromatic rings. The van der Waals surface area contributed by atoms with Crippen LogP contribution in [0.15, 0.2) is 4.90 Å². The smallest absolute Gasteiger partial charge is 0.257 e. The van der Waals surface area contributed by atoms with Crippen molar-refractivity contribution in [2.24, 2.45) is 0 Å². The zero-order valence-corrected chi connectivity index (χ0v) is 16.1. The summed E-state index contributed by atoms with van der Waals surface area (Å²) in [6, 6.07) is 0. The Hall–Kier alpha value is -2.04. The zero-order chi connectivity index (χ0) is 19.2. The molecular weight excluding hydrogens is 376 g/mol. The third-order valence-electron chi connectivity index (χ3n) is 5.08. The average molecular weight is 398 g/mol. The first-order valence-corrected chi connectivity index (χ1v) is 10.3. The van der Waals surface area contributed by atoms with Crippen molar-refractivity contribution in [3.8, 4) is 17.2 Å². The minimum absolute atomic E-state index is 0.0368. The zero-order valence-electron chi connectivity index (χ0n) is 15.2. The number of nitrogens with one attached hydrogen (secondary N) is 1. The van der Waals surface area contributed by atoms with E-state index in [9.17, 15) is 13.2 Å². The maximum Gasteiger partial charge on any atom is 0.257 e. The van der Waals surface area contributed by atoms with Gasteiger partial charge in [-0.05, 0) is 24.8 Å². The van der Waals surface area contributed by atoms with E-state index in [1.165, 1.54) is 12.0 Å². The fourth-order valence-electron chi connectivity index (χ4n) is 3.71. The van der Waals surface area contributed by atoms with Gasteiger partial charge in [0.15, 0.2) is 11.5 Å². The predicted octanol–water partition coefficient (Wildman–Crippen LogP) is 0.509. The second kappa shape index (κ2) is 6.84. The molecule has 4 rings (SSSR count). The molecule has 0 aromatic heterocycles. The van der Waals surface area contributed by atoms with Crippen LogP contribution in [0.3, 0.4) is 0 Å². The van der Waals surface area contributed by atoms with Gasteiger partial charge in [0.25, 0.3) is 5.91 Å². The molecule has 1 aromatic carbocycles. The lowest BCUT2D eigenvalue weighted by Crippen LogP contribution is -2.37. The van der Waals surface area contributed by atoms with Gasteiger partial charge in [-0.3, -0.25) is 4.79 Å². The van der Waals surface area contributed by atoms with E-state index in [1.54, 1.807) is 7.05 Å². The van der Waals surface area contributed by atoms with Gasteiger partial charge in [0.2, 0.25) is 22.6 Å². The summed E-state index contributed by atoms with van der Waals surface area (Å²) < 4.78 is 50.7. The van der Waals surface area contributed by atoms with Crippen LogP contribution >= 0.6 is 0 Å². The van der Waals surface area contributed by atoms with E-state index in [2.05, 4.69) is 4.72 Å². The van der Waals surface area contributed by atoms with Gasteiger partial charge in [0.1, 0.15) is 4.90 Å². The Balaban J connectivity index is 1.83. The van der Waals surface area contributed by atoms with Gasteiger partial charge in [-0.15, -0.1) is 0 Å². The van der Waals surface area contributed by atoms with E-state index >= 15 is 0 Å². The van der Waals surface area contributed by atoms with Gasteiger partial charge in [-0.1, -0.05) is 0 Å². The van der Waals surface area contributed by atoms with Crippen molar-refractivity contribution in [3.05, 3.63) is 11.1 Å². The number of rotatable bonds is 5. The lowest BCUT2D eigenvalue weighted by atomic mass is 9.97. The van der Waals surface area contributed by atoms with Gasteiger partial charge < -0.3 is 23.8 Å². The van der Waals surface area contributed by atoms with Crippen LogP contribution in [0.2, 0.25) is 0 Å². The van der Waals surface area contributed by atoms with Gasteiger partial charge in [0.05, 0.1) is 18.8 Å². The lowest BCUT2D eigenvalue weighted by Gasteiger charge is -2.28. The summed E-state index contributed by atoms with van der Waals surface area (Å²) in [5.41, 5.74) is 0.618. The number of sulfonamides is 1. The molecule has 1 atom stereocenters. The highest BCUT2D eigenvalue weighted by Crippen LogP contribution is 2.51. The molecule has 0 bridgehead atoms. The summed E-state index contributed by atoms with van der Waals surface area (Å²) >= 11 is 0. The van der Waals surface area contributed by atoms with E-state index in [0.29, 0.717) is 25.1 Å². The third kappa shape index (κ3) is 3.01. The van der Waals surface area contributed by atoms with Crippen molar-refractivity contribution >= 4 is 15.9 Å². The molecule has 3 heterocycles. The fourth-order valence-corrected chi connectivity index (χ4v) is 5.19. The Kier molecular flexibility index (Phi) is 4.65. The normalized spacial score (nSPS) is 21.5. The van der Waals surface area contributed by atoms with Crippen LogP contribution in [-0.2, 0) is 21.2 Å². The minimum Gasteiger partial charge on any atom is -0.492 e. The Bertz CT molecular complexity index is 878. The highest BCUT2D eigenvalue weighted by molar-refractivity contribution is 7.89. The van der Waals surface area contributed by atoms with Crippen molar-refractivity contribution < 1.29 is 32.2 Å². The standard InChI is InChI=1S/C17H22N2O7S/c1-19-6-5-11-12(17(19)20)13(23-2)14-15(26-9-25-14)16(11)27(21,22)18-8-10-4-3-7-24-10/h10,18H,3-9H2,1-2H3. The van der Waals surface area contributed by atoms with Gasteiger partial charge in [0, 0.05) is 26.7 Å². The molecule has 10 heteroatoms. The molecular formula is C17H22N2O7S. The van der Waals surface area contributed by atoms with E-state index in [-0.39, 0.29) is 53.1 Å². The average Bonchev–Trinajstić information content (AvgIpc) is 3.32. The molecule has 0 spiro atoms. The number of likely N-dealkylation sites (N-methyl/N-ethyl adjacent to an activating group) is 1. The number of carbonyl (C=O) groups excluding carboxylic acids is 1. The summed E-state index contributed by atoms with van der Waals surface area (Å²) in [4.78, 5) is 14.3. The molecule has 1 amide bonds. The van der Waals surface area contributed by atoms with Crippen molar-refractivity contribution in [2.45, 2.75) is 30.3 Å². The summed E-state index contributed by atoms with van der Waals surface area (Å²) in [5.74, 6) is 0.161. The largest absolute Gasteiger partial charge is 0.492 e. The SMILES string of the molecule is COc1c2c(c(S(=O)(=O)NCC3CCCO3)c3c1C(=O)N(C)CC3)OCO2. The Morgan fingerprint density at radius 2 is 2.07 bits per heavy atom. The van der Waals surface area contributed by atoms with Gasteiger partial charge >= 0.3 is 0 Å². The third-order valence-corrected chi connectivity index (χ3v) is 6.60. The van der Waals surface area contributed by atoms with Crippen LogP contribution in [0.5, 0.6) is 17.2 Å². The lowest BCUT2D eigenvalue weighted by molar-refractivity contribution is 0.0775. The van der Waals surface area contributed by atoms with Crippen LogP contribution in [-0.4, -0.2) is 66.0 Å². The monoisotopic (exact) mass is 398 g/mol. The van der Waals surface area contributed by atoms with Crippen LogP contribution in [0.25, 0.3) is 0 Å². The maximum absolute atomic E-state index is 13.1. The van der Waals surface area contributed by atoms with Crippen molar-refractivity contribution in [1.82, 2.24) is 9.62 Å². The topological polar surface area (TPSA) is 103 Å². The van der Waals surface area contributed by atoms with Crippen molar-refractivity contribution in [3.63, 3.8) is 0 Å². The number of benzene rings is 1. The number of methoxy groups -OCH3 is 1. The quantitative estimate of drug-likeness (QED) is 0.771. The molecule has 1 unspecified atom stereocenters. The van der Waals surface area contributed by atoms with Crippen LogP contribution in [0, 0.1) is 0 Å². The maximum atomic E-state index is 13.1. The minimum atomic E-state index is -3.94. The molecule has 9 nitrogen and oxygen atoms in total. The number of hydrogen-bond donors (Lipinski definition) is 1.